The molecule has 0 aliphatic heterocycles. The largest absolute Gasteiger partial charge is 0.478 e. The van der Waals surface area contributed by atoms with Crippen LogP contribution in [0.2, 0.25) is 0 Å². The van der Waals surface area contributed by atoms with E-state index in [-0.39, 0.29) is 11.3 Å². The third-order valence-corrected chi connectivity index (χ3v) is 3.39. The molecule has 0 radical (unpaired) electrons. The molecule has 0 aliphatic rings. The first-order valence-corrected chi connectivity index (χ1v) is 6.11. The zero-order chi connectivity index (χ0) is 14.3. The van der Waals surface area contributed by atoms with Crippen molar-refractivity contribution in [1.29, 1.82) is 0 Å². The van der Waals surface area contributed by atoms with Gasteiger partial charge in [0, 0.05) is 0 Å². The molecule has 20 heavy (non-hydrogen) atoms. The molecule has 3 aromatic rings. The number of H-pyrrole nitrogens is 2. The van der Waals surface area contributed by atoms with Crippen molar-refractivity contribution in [2.45, 2.75) is 6.92 Å². The number of carboxylic acid groups (broad SMARTS) is 1. The predicted octanol–water partition coefficient (Wildman–Crippen LogP) is 2.53. The molecule has 5 nitrogen and oxygen atoms in total. The molecular formula is C15H12N2O3. The van der Waals surface area contributed by atoms with Crippen LogP contribution in [0, 0.1) is 6.92 Å². The van der Waals surface area contributed by atoms with E-state index in [0.29, 0.717) is 11.1 Å². The van der Waals surface area contributed by atoms with Crippen molar-refractivity contribution in [3.05, 3.63) is 58.0 Å². The average Bonchev–Trinajstić information content (AvgIpc) is 2.77. The Labute approximate surface area is 113 Å². The number of rotatable bonds is 2. The Kier molecular flexibility index (Phi) is 2.68. The number of hydrogen-bond donors (Lipinski definition) is 3. The summed E-state index contributed by atoms with van der Waals surface area (Å²) < 4.78 is 0. The number of fused-ring (bicyclic) bond motifs is 1. The second-order valence-corrected chi connectivity index (χ2v) is 4.62. The molecule has 0 bridgehead atoms. The van der Waals surface area contributed by atoms with Crippen LogP contribution in [0.3, 0.4) is 0 Å². The molecule has 0 aliphatic carbocycles. The number of carbonyl (C=O) groups is 1. The van der Waals surface area contributed by atoms with Crippen molar-refractivity contribution >= 4 is 17.0 Å². The monoisotopic (exact) mass is 268 g/mol. The number of aromatic amines is 2. The van der Waals surface area contributed by atoms with Gasteiger partial charge in [0.2, 0.25) is 0 Å². The van der Waals surface area contributed by atoms with Crippen molar-refractivity contribution in [3.63, 3.8) is 0 Å². The van der Waals surface area contributed by atoms with Gasteiger partial charge in [0.1, 0.15) is 0 Å². The molecule has 0 saturated heterocycles. The van der Waals surface area contributed by atoms with Crippen LogP contribution in [-0.2, 0) is 0 Å². The van der Waals surface area contributed by atoms with Gasteiger partial charge in [-0.05, 0) is 41.8 Å². The summed E-state index contributed by atoms with van der Waals surface area (Å²) in [6, 6.07) is 10.7. The van der Waals surface area contributed by atoms with E-state index in [2.05, 4.69) is 9.97 Å². The van der Waals surface area contributed by atoms with E-state index in [9.17, 15) is 9.59 Å². The summed E-state index contributed by atoms with van der Waals surface area (Å²) >= 11 is 0. The van der Waals surface area contributed by atoms with E-state index in [1.807, 2.05) is 18.2 Å². The number of carboxylic acids is 1. The van der Waals surface area contributed by atoms with Crippen molar-refractivity contribution in [2.24, 2.45) is 0 Å². The second-order valence-electron chi connectivity index (χ2n) is 4.62. The molecule has 3 rings (SSSR count). The Morgan fingerprint density at radius 2 is 1.85 bits per heavy atom. The van der Waals surface area contributed by atoms with Gasteiger partial charge in [0.25, 0.3) is 0 Å². The average molecular weight is 268 g/mol. The van der Waals surface area contributed by atoms with Gasteiger partial charge in [-0.2, -0.15) is 0 Å². The molecule has 0 amide bonds. The Morgan fingerprint density at radius 3 is 2.60 bits per heavy atom. The molecule has 0 atom stereocenters. The maximum atomic E-state index is 11.3. The lowest BCUT2D eigenvalue weighted by Gasteiger charge is -2.09. The zero-order valence-electron chi connectivity index (χ0n) is 10.7. The summed E-state index contributed by atoms with van der Waals surface area (Å²) in [5, 5.41) is 9.16. The zero-order valence-corrected chi connectivity index (χ0v) is 10.7. The second kappa shape index (κ2) is 4.38. The third kappa shape index (κ3) is 1.89. The van der Waals surface area contributed by atoms with Gasteiger partial charge in [0.05, 0.1) is 16.6 Å². The molecule has 0 spiro atoms. The summed E-state index contributed by atoms with van der Waals surface area (Å²) in [5.41, 5.74) is 3.87. The fourth-order valence-corrected chi connectivity index (χ4v) is 2.38. The molecule has 0 unspecified atom stereocenters. The van der Waals surface area contributed by atoms with Crippen LogP contribution in [-0.4, -0.2) is 21.0 Å². The maximum Gasteiger partial charge on any atom is 0.335 e. The summed E-state index contributed by atoms with van der Waals surface area (Å²) in [7, 11) is 0. The van der Waals surface area contributed by atoms with Gasteiger partial charge in [-0.3, -0.25) is 0 Å². The van der Waals surface area contributed by atoms with E-state index in [1.54, 1.807) is 25.1 Å². The highest BCUT2D eigenvalue weighted by atomic mass is 16.4. The van der Waals surface area contributed by atoms with Gasteiger partial charge < -0.3 is 15.1 Å². The van der Waals surface area contributed by atoms with Crippen LogP contribution < -0.4 is 5.69 Å². The van der Waals surface area contributed by atoms with Crippen LogP contribution in [0.4, 0.5) is 0 Å². The Balaban J connectivity index is 2.22. The summed E-state index contributed by atoms with van der Waals surface area (Å²) in [5.74, 6) is -0.944. The van der Waals surface area contributed by atoms with Crippen LogP contribution in [0.25, 0.3) is 22.2 Å². The predicted molar refractivity (Wildman–Crippen MR) is 76.1 cm³/mol. The van der Waals surface area contributed by atoms with E-state index in [4.69, 9.17) is 5.11 Å². The first-order valence-electron chi connectivity index (χ1n) is 6.11. The minimum Gasteiger partial charge on any atom is -0.478 e. The number of hydrogen-bond acceptors (Lipinski definition) is 2. The molecule has 2 aromatic carbocycles. The number of imidazole rings is 1. The molecule has 1 aromatic heterocycles. The van der Waals surface area contributed by atoms with E-state index < -0.39 is 5.97 Å². The van der Waals surface area contributed by atoms with Gasteiger partial charge in [-0.25, -0.2) is 9.59 Å². The van der Waals surface area contributed by atoms with Crippen molar-refractivity contribution in [2.75, 3.05) is 0 Å². The molecule has 1 heterocycles. The fourth-order valence-electron chi connectivity index (χ4n) is 2.38. The van der Waals surface area contributed by atoms with Gasteiger partial charge in [0.15, 0.2) is 0 Å². The minimum absolute atomic E-state index is 0.256. The van der Waals surface area contributed by atoms with E-state index >= 15 is 0 Å². The maximum absolute atomic E-state index is 11.3. The lowest BCUT2D eigenvalue weighted by molar-refractivity contribution is 0.0696. The number of aromatic carboxylic acids is 1. The summed E-state index contributed by atoms with van der Waals surface area (Å²) in [4.78, 5) is 27.8. The number of aromatic nitrogens is 2. The quantitative estimate of drug-likeness (QED) is 0.667. The smallest absolute Gasteiger partial charge is 0.335 e. The van der Waals surface area contributed by atoms with Crippen molar-refractivity contribution < 1.29 is 9.90 Å². The lowest BCUT2D eigenvalue weighted by Crippen LogP contribution is -2.00. The van der Waals surface area contributed by atoms with E-state index in [1.165, 1.54) is 0 Å². The molecule has 0 saturated carbocycles. The summed E-state index contributed by atoms with van der Waals surface area (Å²) in [6.45, 7) is 1.78. The minimum atomic E-state index is -0.944. The van der Waals surface area contributed by atoms with Crippen LogP contribution in [0.5, 0.6) is 0 Å². The molecule has 3 N–H and O–H groups in total. The van der Waals surface area contributed by atoms with E-state index in [0.717, 1.165) is 16.6 Å². The molecule has 100 valence electrons. The van der Waals surface area contributed by atoms with Crippen molar-refractivity contribution in [3.8, 4) is 11.1 Å². The number of benzene rings is 2. The first kappa shape index (κ1) is 12.2. The highest BCUT2D eigenvalue weighted by molar-refractivity contribution is 5.92. The highest BCUT2D eigenvalue weighted by Crippen LogP contribution is 2.27. The normalized spacial score (nSPS) is 10.8. The van der Waals surface area contributed by atoms with Crippen LogP contribution in [0.1, 0.15) is 15.9 Å². The topological polar surface area (TPSA) is 85.9 Å². The lowest BCUT2D eigenvalue weighted by atomic mass is 9.96. The first-order chi connectivity index (χ1) is 9.56. The molecular weight excluding hydrogens is 256 g/mol. The Morgan fingerprint density at radius 1 is 1.10 bits per heavy atom. The summed E-state index contributed by atoms with van der Waals surface area (Å²) in [6.07, 6.45) is 0. The van der Waals surface area contributed by atoms with Gasteiger partial charge in [-0.15, -0.1) is 0 Å². The highest BCUT2D eigenvalue weighted by Gasteiger charge is 2.11. The third-order valence-electron chi connectivity index (χ3n) is 3.39. The molecule has 0 fully saturated rings. The van der Waals surface area contributed by atoms with Gasteiger partial charge >= 0.3 is 11.7 Å². The standard InChI is InChI=1S/C15H12N2O3/c1-8-10(3-2-4-11(8)14(18)19)9-5-6-12-13(7-9)17-15(20)16-12/h2-7H,1H3,(H,18,19)(H2,16,17,20). The van der Waals surface area contributed by atoms with Crippen molar-refractivity contribution in [1.82, 2.24) is 9.97 Å². The van der Waals surface area contributed by atoms with Crippen LogP contribution >= 0.6 is 0 Å². The Bertz CT molecular complexity index is 874. The Hall–Kier alpha value is -2.82. The molecule has 5 heteroatoms. The van der Waals surface area contributed by atoms with Crippen LogP contribution in [0.15, 0.2) is 41.2 Å². The number of nitrogens with one attached hydrogen (secondary N) is 2. The SMILES string of the molecule is Cc1c(C(=O)O)cccc1-c1ccc2[nH]c(=O)[nH]c2c1. The van der Waals surface area contributed by atoms with Gasteiger partial charge in [-0.1, -0.05) is 18.2 Å². The fraction of sp³-hybridized carbons (Fsp3) is 0.0667.